The number of nitrogens with zero attached hydrogens (tertiary/aromatic N) is 7. The van der Waals surface area contributed by atoms with Crippen molar-refractivity contribution in [3.8, 4) is 0 Å². The molecule has 2 fully saturated rings. The predicted molar refractivity (Wildman–Crippen MR) is 156 cm³/mol. The Labute approximate surface area is 257 Å². The number of aromatic nitrogens is 8. The molecular formula is C23H30FN10O9PS. The van der Waals surface area contributed by atoms with Crippen LogP contribution in [-0.4, -0.2) is 106 Å². The van der Waals surface area contributed by atoms with E-state index in [2.05, 4.69) is 42.2 Å². The molecule has 22 heteroatoms. The van der Waals surface area contributed by atoms with Gasteiger partial charge in [-0.1, -0.05) is 12.2 Å². The van der Waals surface area contributed by atoms with E-state index in [1.54, 1.807) is 0 Å². The number of thiol groups is 1. The zero-order valence-electron chi connectivity index (χ0n) is 23.7. The van der Waals surface area contributed by atoms with Crippen molar-refractivity contribution < 1.29 is 42.4 Å². The van der Waals surface area contributed by atoms with Crippen LogP contribution in [0.25, 0.3) is 22.3 Å². The molecule has 2 aliphatic rings. The van der Waals surface area contributed by atoms with E-state index in [0.717, 1.165) is 0 Å². The highest BCUT2D eigenvalue weighted by atomic mass is 32.7. The number of halogens is 1. The van der Waals surface area contributed by atoms with Gasteiger partial charge in [-0.25, -0.2) is 28.9 Å². The van der Waals surface area contributed by atoms with E-state index >= 15 is 4.39 Å². The third-order valence-electron chi connectivity index (χ3n) is 7.71. The Morgan fingerprint density at radius 2 is 1.87 bits per heavy atom. The van der Waals surface area contributed by atoms with Gasteiger partial charge < -0.3 is 35.9 Å². The first-order valence-corrected chi connectivity index (χ1v) is 16.2. The number of aromatic amines is 1. The lowest BCUT2D eigenvalue weighted by molar-refractivity contribution is -0.113. The molecule has 2 saturated heterocycles. The van der Waals surface area contributed by atoms with Crippen LogP contribution in [0.2, 0.25) is 0 Å². The van der Waals surface area contributed by atoms with Crippen LogP contribution in [0.4, 0.5) is 16.2 Å². The molecule has 2 unspecified atom stereocenters. The maximum atomic E-state index is 15.7. The summed E-state index contributed by atoms with van der Waals surface area (Å²) in [7, 11) is 1.37. The van der Waals surface area contributed by atoms with Crippen LogP contribution in [-0.2, 0) is 27.8 Å². The normalized spacial score (nSPS) is 31.6. The summed E-state index contributed by atoms with van der Waals surface area (Å²) in [6, 6.07) is 0. The van der Waals surface area contributed by atoms with Gasteiger partial charge in [0, 0.05) is 13.7 Å². The van der Waals surface area contributed by atoms with Gasteiger partial charge in [-0.2, -0.15) is 4.98 Å². The second-order valence-electron chi connectivity index (χ2n) is 10.7. The van der Waals surface area contributed by atoms with Gasteiger partial charge in [-0.3, -0.25) is 28.0 Å². The Kier molecular flexibility index (Phi) is 8.33. The Morgan fingerprint density at radius 3 is 2.58 bits per heavy atom. The lowest BCUT2D eigenvalue weighted by Gasteiger charge is -2.30. The van der Waals surface area contributed by atoms with Crippen LogP contribution in [0, 0.1) is 0 Å². The summed E-state index contributed by atoms with van der Waals surface area (Å²) in [5.74, 6) is -0.0888. The molecule has 7 N–H and O–H groups in total. The third kappa shape index (κ3) is 5.57. The number of aliphatic hydroxyl groups is 2. The number of hydrogen-bond donors (Lipinski definition) is 6. The second kappa shape index (κ2) is 11.8. The molecule has 0 spiro atoms. The summed E-state index contributed by atoms with van der Waals surface area (Å²) < 4.78 is 60.6. The van der Waals surface area contributed by atoms with Crippen LogP contribution in [0.15, 0.2) is 23.8 Å². The van der Waals surface area contributed by atoms with Crippen molar-refractivity contribution in [1.82, 2.24) is 39.0 Å². The maximum absolute atomic E-state index is 15.7. The van der Waals surface area contributed by atoms with E-state index in [9.17, 15) is 19.6 Å². The van der Waals surface area contributed by atoms with Gasteiger partial charge in [0.25, 0.3) is 5.56 Å². The Morgan fingerprint density at radius 1 is 1.16 bits per heavy atom. The lowest BCUT2D eigenvalue weighted by atomic mass is 9.98. The van der Waals surface area contributed by atoms with Crippen molar-refractivity contribution >= 4 is 53.1 Å². The zero-order chi connectivity index (χ0) is 32.3. The van der Waals surface area contributed by atoms with E-state index in [-0.39, 0.29) is 29.4 Å². The summed E-state index contributed by atoms with van der Waals surface area (Å²) in [5, 5.41) is 20.6. The number of anilines is 2. The van der Waals surface area contributed by atoms with Crippen molar-refractivity contribution in [2.45, 2.75) is 62.0 Å². The summed E-state index contributed by atoms with van der Waals surface area (Å²) >= 11 is 4.06. The number of hydrogen-bond acceptors (Lipinski definition) is 16. The Balaban J connectivity index is 1.23. The van der Waals surface area contributed by atoms with Crippen molar-refractivity contribution in [3.05, 3.63) is 29.3 Å². The molecule has 0 aliphatic carbocycles. The standard InChI is InChI=1S/C23H30FN10O9PS/c1-23(15(36)14(39-2)21(42-23)33-7-29-11-16(25)27-6-28-17(11)33)5-40-44(38,45)43-13-10(24)9(3-4-35)41-20(13)34-8-30-12-18(34)31-22(26)32-19(12)37/h6-10,13-15,20-21,35-36H,3-5H2,1-2H3,(H,38,45)(H2,25,27,28)(H3,26,31,32,37)/t9-,10-,13-,14-,15+,20-,21-,23?,44?/m1/s1. The summed E-state index contributed by atoms with van der Waals surface area (Å²) in [6.45, 7) is -3.92. The SMILES string of the molecule is CO[C@H]1[C@H](n2cnc3c(N)ncnc32)OC(C)(COP(=O)(S)O[C@@H]2[C@H](F)[C@@H](CCO)O[C@H]2n2cnc3c(=O)[nH]c(N)nc32)[C@H]1O. The number of methoxy groups -OCH3 is 1. The maximum Gasteiger partial charge on any atom is 0.386 e. The number of aliphatic hydroxyl groups excluding tert-OH is 2. The molecule has 0 aromatic carbocycles. The van der Waals surface area contributed by atoms with Crippen molar-refractivity contribution in [3.63, 3.8) is 0 Å². The van der Waals surface area contributed by atoms with Crippen LogP contribution < -0.4 is 17.0 Å². The quantitative estimate of drug-likeness (QED) is 0.0944. The van der Waals surface area contributed by atoms with Gasteiger partial charge in [0.15, 0.2) is 41.3 Å². The molecule has 0 amide bonds. The fourth-order valence-corrected chi connectivity index (χ4v) is 6.97. The summed E-state index contributed by atoms with van der Waals surface area (Å²) in [6.07, 6.45) is -5.72. The highest BCUT2D eigenvalue weighted by Crippen LogP contribution is 2.58. The molecule has 19 nitrogen and oxygen atoms in total. The number of nitrogens with two attached hydrogens (primary N) is 2. The van der Waals surface area contributed by atoms with E-state index in [4.69, 9.17) is 34.7 Å². The minimum Gasteiger partial charge on any atom is -0.396 e. The molecule has 9 atom stereocenters. The molecule has 6 heterocycles. The molecule has 0 saturated carbocycles. The first kappa shape index (κ1) is 31.7. The molecule has 45 heavy (non-hydrogen) atoms. The molecule has 4 aromatic heterocycles. The second-order valence-corrected chi connectivity index (χ2v) is 13.5. The average molecular weight is 673 g/mol. The van der Waals surface area contributed by atoms with Gasteiger partial charge in [-0.15, -0.1) is 0 Å². The molecule has 244 valence electrons. The summed E-state index contributed by atoms with van der Waals surface area (Å²) in [4.78, 5) is 35.0. The molecular weight excluding hydrogens is 642 g/mol. The highest BCUT2D eigenvalue weighted by Gasteiger charge is 2.55. The number of rotatable bonds is 10. The Bertz CT molecular complexity index is 1830. The van der Waals surface area contributed by atoms with Gasteiger partial charge in [0.1, 0.15) is 35.8 Å². The van der Waals surface area contributed by atoms with Crippen LogP contribution in [0.1, 0.15) is 25.8 Å². The van der Waals surface area contributed by atoms with Gasteiger partial charge >= 0.3 is 6.80 Å². The first-order chi connectivity index (χ1) is 21.4. The Hall–Kier alpha value is -3.27. The zero-order valence-corrected chi connectivity index (χ0v) is 25.5. The highest BCUT2D eigenvalue weighted by molar-refractivity contribution is 8.44. The first-order valence-electron chi connectivity index (χ1n) is 13.5. The van der Waals surface area contributed by atoms with Gasteiger partial charge in [0.05, 0.1) is 25.4 Å². The number of alkyl halides is 1. The minimum atomic E-state index is -4.44. The number of imidazole rings is 2. The van der Waals surface area contributed by atoms with Crippen LogP contribution in [0.5, 0.6) is 0 Å². The molecule has 4 aromatic rings. The largest absolute Gasteiger partial charge is 0.396 e. The molecule has 0 radical (unpaired) electrons. The third-order valence-corrected chi connectivity index (χ3v) is 9.31. The predicted octanol–water partition coefficient (Wildman–Crippen LogP) is -0.155. The van der Waals surface area contributed by atoms with Crippen molar-refractivity contribution in [2.75, 3.05) is 31.8 Å². The molecule has 0 bridgehead atoms. The summed E-state index contributed by atoms with van der Waals surface area (Å²) in [5.41, 5.74) is 9.86. The van der Waals surface area contributed by atoms with Crippen molar-refractivity contribution in [2.24, 2.45) is 0 Å². The van der Waals surface area contributed by atoms with Crippen LogP contribution in [0.3, 0.4) is 0 Å². The van der Waals surface area contributed by atoms with Crippen LogP contribution >= 0.6 is 19.0 Å². The fraction of sp³-hybridized carbons (Fsp3) is 0.565. The number of H-pyrrole nitrogens is 1. The van der Waals surface area contributed by atoms with Gasteiger partial charge in [0.2, 0.25) is 5.95 Å². The number of nitrogens with one attached hydrogen (secondary N) is 1. The number of ether oxygens (including phenoxy) is 3. The van der Waals surface area contributed by atoms with E-state index in [1.807, 2.05) is 0 Å². The minimum absolute atomic E-state index is 0.0488. The van der Waals surface area contributed by atoms with Gasteiger partial charge in [-0.05, 0) is 13.3 Å². The molecule has 6 rings (SSSR count). The average Bonchev–Trinajstić information content (AvgIpc) is 3.73. The topological polar surface area (TPSA) is 263 Å². The van der Waals surface area contributed by atoms with Crippen molar-refractivity contribution in [1.29, 1.82) is 0 Å². The van der Waals surface area contributed by atoms with E-state index in [1.165, 1.54) is 42.1 Å². The van der Waals surface area contributed by atoms with E-state index < -0.39 is 74.2 Å². The molecule has 2 aliphatic heterocycles. The fourth-order valence-electron chi connectivity index (χ4n) is 5.46. The number of nitrogen functional groups attached to an aromatic ring is 2. The smallest absolute Gasteiger partial charge is 0.386 e. The monoisotopic (exact) mass is 672 g/mol. The number of fused-ring (bicyclic) bond motifs is 2. The van der Waals surface area contributed by atoms with E-state index in [0.29, 0.717) is 11.2 Å². The lowest BCUT2D eigenvalue weighted by Crippen LogP contribution is -2.44.